The van der Waals surface area contributed by atoms with Crippen molar-refractivity contribution in [3.8, 4) is 22.8 Å². The molecule has 0 spiro atoms. The van der Waals surface area contributed by atoms with Crippen molar-refractivity contribution in [3.63, 3.8) is 0 Å². The molecule has 3 heterocycles. The third kappa shape index (κ3) is 2.61. The number of anilines is 1. The maximum atomic E-state index is 5.95. The van der Waals surface area contributed by atoms with Gasteiger partial charge in [0.2, 0.25) is 11.9 Å². The molecule has 0 atom stereocenters. The molecule has 2 N–H and O–H groups in total. The Kier molecular flexibility index (Phi) is 4.02. The number of methoxy groups -OCH3 is 1. The van der Waals surface area contributed by atoms with Crippen LogP contribution in [-0.2, 0) is 6.54 Å². The van der Waals surface area contributed by atoms with Gasteiger partial charge in [-0.05, 0) is 49.6 Å². The van der Waals surface area contributed by atoms with E-state index in [1.165, 1.54) is 11.0 Å². The molecule has 0 saturated heterocycles. The topological polar surface area (TPSA) is 96.7 Å². The molecule has 0 amide bonds. The van der Waals surface area contributed by atoms with Gasteiger partial charge in [-0.3, -0.25) is 4.98 Å². The molecule has 0 aliphatic rings. The van der Waals surface area contributed by atoms with Gasteiger partial charge in [0.05, 0.1) is 18.8 Å². The quantitative estimate of drug-likeness (QED) is 0.599. The number of pyridine rings is 1. The van der Waals surface area contributed by atoms with Crippen LogP contribution in [0, 0.1) is 13.8 Å². The second-order valence-electron chi connectivity index (χ2n) is 6.38. The standard InChI is InChI=1S/C19H21N7O/c1-5-25-16-14(13-6-11(2)17(27-4)12(3)7-13)8-21-9-15(16)24-19(25)26-18(20)22-10-23-26/h6-10H,5H2,1-4H3,(H2,20,22,23). The molecule has 27 heavy (non-hydrogen) atoms. The number of rotatable bonds is 4. The van der Waals surface area contributed by atoms with Gasteiger partial charge in [0.25, 0.3) is 0 Å². The summed E-state index contributed by atoms with van der Waals surface area (Å²) in [5.41, 5.74) is 11.9. The van der Waals surface area contributed by atoms with Gasteiger partial charge in [0.1, 0.15) is 17.6 Å². The number of benzene rings is 1. The fourth-order valence-electron chi connectivity index (χ4n) is 3.58. The van der Waals surface area contributed by atoms with Crippen LogP contribution in [0.25, 0.3) is 28.1 Å². The summed E-state index contributed by atoms with van der Waals surface area (Å²) in [6, 6.07) is 4.22. The van der Waals surface area contributed by atoms with E-state index in [1.807, 2.05) is 20.0 Å². The first kappa shape index (κ1) is 17.0. The van der Waals surface area contributed by atoms with E-state index in [9.17, 15) is 0 Å². The summed E-state index contributed by atoms with van der Waals surface area (Å²) in [5.74, 6) is 1.82. The molecule has 4 aromatic rings. The molecule has 0 aliphatic heterocycles. The van der Waals surface area contributed by atoms with Crippen LogP contribution in [0.15, 0.2) is 30.9 Å². The second kappa shape index (κ2) is 6.39. The van der Waals surface area contributed by atoms with Crippen molar-refractivity contribution in [2.45, 2.75) is 27.3 Å². The van der Waals surface area contributed by atoms with E-state index in [4.69, 9.17) is 15.5 Å². The molecule has 138 valence electrons. The molecule has 4 rings (SSSR count). The van der Waals surface area contributed by atoms with E-state index in [1.54, 1.807) is 13.3 Å². The molecular weight excluding hydrogens is 342 g/mol. The minimum absolute atomic E-state index is 0.297. The van der Waals surface area contributed by atoms with E-state index in [0.29, 0.717) is 18.4 Å². The highest BCUT2D eigenvalue weighted by Crippen LogP contribution is 2.34. The summed E-state index contributed by atoms with van der Waals surface area (Å²) >= 11 is 0. The molecule has 0 unspecified atom stereocenters. The normalized spacial score (nSPS) is 11.3. The summed E-state index contributed by atoms with van der Waals surface area (Å²) in [6.45, 7) is 6.85. The van der Waals surface area contributed by atoms with Crippen LogP contribution in [0.2, 0.25) is 0 Å². The number of fused-ring (bicyclic) bond motifs is 1. The number of nitrogens with zero attached hydrogens (tertiary/aromatic N) is 6. The Morgan fingerprint density at radius 3 is 2.48 bits per heavy atom. The number of nitrogen functional groups attached to an aromatic ring is 1. The largest absolute Gasteiger partial charge is 0.496 e. The van der Waals surface area contributed by atoms with Crippen molar-refractivity contribution in [2.75, 3.05) is 12.8 Å². The zero-order valence-corrected chi connectivity index (χ0v) is 15.8. The van der Waals surface area contributed by atoms with Crippen molar-refractivity contribution < 1.29 is 4.74 Å². The van der Waals surface area contributed by atoms with Crippen molar-refractivity contribution in [2.24, 2.45) is 0 Å². The van der Waals surface area contributed by atoms with Crippen molar-refractivity contribution in [1.29, 1.82) is 0 Å². The second-order valence-corrected chi connectivity index (χ2v) is 6.38. The van der Waals surface area contributed by atoms with Gasteiger partial charge >= 0.3 is 0 Å². The van der Waals surface area contributed by atoms with Gasteiger partial charge in [-0.1, -0.05) is 0 Å². The molecule has 0 aliphatic carbocycles. The fraction of sp³-hybridized carbons (Fsp3) is 0.263. The van der Waals surface area contributed by atoms with Crippen LogP contribution in [0.3, 0.4) is 0 Å². The van der Waals surface area contributed by atoms with Crippen LogP contribution < -0.4 is 10.5 Å². The highest BCUT2D eigenvalue weighted by molar-refractivity contribution is 5.93. The van der Waals surface area contributed by atoms with Crippen LogP contribution in [0.4, 0.5) is 5.95 Å². The number of imidazole rings is 1. The molecular formula is C19H21N7O. The van der Waals surface area contributed by atoms with Crippen LogP contribution in [0.1, 0.15) is 18.1 Å². The molecule has 0 radical (unpaired) electrons. The van der Waals surface area contributed by atoms with Gasteiger partial charge in [-0.25, -0.2) is 4.98 Å². The first-order chi connectivity index (χ1) is 13.0. The lowest BCUT2D eigenvalue weighted by atomic mass is 10.00. The lowest BCUT2D eigenvalue weighted by Gasteiger charge is -2.13. The van der Waals surface area contributed by atoms with Gasteiger partial charge in [0.15, 0.2) is 0 Å². The number of ether oxygens (including phenoxy) is 1. The van der Waals surface area contributed by atoms with Crippen LogP contribution in [0.5, 0.6) is 5.75 Å². The zero-order valence-electron chi connectivity index (χ0n) is 15.8. The Morgan fingerprint density at radius 2 is 1.89 bits per heavy atom. The van der Waals surface area contributed by atoms with E-state index in [0.717, 1.165) is 39.0 Å². The monoisotopic (exact) mass is 363 g/mol. The molecule has 0 bridgehead atoms. The Hall–Kier alpha value is -3.42. The highest BCUT2D eigenvalue weighted by Gasteiger charge is 2.19. The molecule has 8 heteroatoms. The van der Waals surface area contributed by atoms with E-state index in [2.05, 4.69) is 38.7 Å². The minimum Gasteiger partial charge on any atom is -0.496 e. The summed E-state index contributed by atoms with van der Waals surface area (Å²) in [4.78, 5) is 13.1. The third-order valence-corrected chi connectivity index (χ3v) is 4.69. The zero-order chi connectivity index (χ0) is 19.1. The summed E-state index contributed by atoms with van der Waals surface area (Å²) in [6.07, 6.45) is 5.04. The Balaban J connectivity index is 2.01. The van der Waals surface area contributed by atoms with Gasteiger partial charge in [-0.15, -0.1) is 0 Å². The number of aromatic nitrogens is 6. The number of hydrogen-bond acceptors (Lipinski definition) is 6. The SMILES string of the molecule is CCn1c(-n2ncnc2N)nc2cncc(-c3cc(C)c(OC)c(C)c3)c21. The molecule has 0 fully saturated rings. The molecule has 8 nitrogen and oxygen atoms in total. The number of hydrogen-bond donors (Lipinski definition) is 1. The first-order valence-corrected chi connectivity index (χ1v) is 8.70. The van der Waals surface area contributed by atoms with E-state index >= 15 is 0 Å². The van der Waals surface area contributed by atoms with Gasteiger partial charge in [0, 0.05) is 18.3 Å². The number of aryl methyl sites for hydroxylation is 3. The predicted octanol–water partition coefficient (Wildman–Crippen LogP) is 2.91. The van der Waals surface area contributed by atoms with Gasteiger partial charge in [-0.2, -0.15) is 14.8 Å². The fourth-order valence-corrected chi connectivity index (χ4v) is 3.58. The molecule has 0 saturated carbocycles. The molecule has 1 aromatic carbocycles. The maximum Gasteiger partial charge on any atom is 0.235 e. The molecule has 3 aromatic heterocycles. The van der Waals surface area contributed by atoms with E-state index in [-0.39, 0.29) is 0 Å². The summed E-state index contributed by atoms with van der Waals surface area (Å²) in [5, 5.41) is 4.20. The maximum absolute atomic E-state index is 5.95. The Labute approximate surface area is 156 Å². The average molecular weight is 363 g/mol. The third-order valence-electron chi connectivity index (χ3n) is 4.69. The summed E-state index contributed by atoms with van der Waals surface area (Å²) < 4.78 is 9.11. The highest BCUT2D eigenvalue weighted by atomic mass is 16.5. The minimum atomic E-state index is 0.297. The summed E-state index contributed by atoms with van der Waals surface area (Å²) in [7, 11) is 1.69. The van der Waals surface area contributed by atoms with E-state index < -0.39 is 0 Å². The Bertz CT molecular complexity index is 1120. The van der Waals surface area contributed by atoms with Crippen molar-refractivity contribution in [3.05, 3.63) is 42.0 Å². The number of nitrogens with two attached hydrogens (primary N) is 1. The first-order valence-electron chi connectivity index (χ1n) is 8.70. The van der Waals surface area contributed by atoms with Crippen molar-refractivity contribution >= 4 is 17.0 Å². The average Bonchev–Trinajstić information content (AvgIpc) is 3.23. The predicted molar refractivity (Wildman–Crippen MR) is 104 cm³/mol. The Morgan fingerprint density at radius 1 is 1.15 bits per heavy atom. The van der Waals surface area contributed by atoms with Gasteiger partial charge < -0.3 is 15.0 Å². The lowest BCUT2D eigenvalue weighted by molar-refractivity contribution is 0.408. The van der Waals surface area contributed by atoms with Crippen LogP contribution in [-0.4, -0.2) is 36.4 Å². The smallest absolute Gasteiger partial charge is 0.235 e. The lowest BCUT2D eigenvalue weighted by Crippen LogP contribution is -2.10. The van der Waals surface area contributed by atoms with Crippen LogP contribution >= 0.6 is 0 Å². The van der Waals surface area contributed by atoms with Crippen molar-refractivity contribution in [1.82, 2.24) is 29.3 Å².